The van der Waals surface area contributed by atoms with Gasteiger partial charge in [-0.05, 0) is 19.1 Å². The van der Waals surface area contributed by atoms with Gasteiger partial charge in [0.05, 0.1) is 18.9 Å². The van der Waals surface area contributed by atoms with Gasteiger partial charge in [0.1, 0.15) is 10.9 Å². The Morgan fingerprint density at radius 2 is 1.90 bits per heavy atom. The molecule has 0 unspecified atom stereocenters. The Hall–Kier alpha value is -3.11. The summed E-state index contributed by atoms with van der Waals surface area (Å²) < 4.78 is 5.36. The molecule has 11 heteroatoms. The maximum Gasteiger partial charge on any atom is 0.284 e. The first-order valence-corrected chi connectivity index (χ1v) is 9.52. The molecule has 2 amide bonds. The molecule has 3 aromatic heterocycles. The molecule has 150 valence electrons. The molecule has 3 heterocycles. The molecule has 3 aromatic rings. The number of aromatic nitrogens is 4. The Labute approximate surface area is 175 Å². The minimum Gasteiger partial charge on any atom is -0.494 e. The van der Waals surface area contributed by atoms with Crippen molar-refractivity contribution in [3.63, 3.8) is 0 Å². The first-order valence-electron chi connectivity index (χ1n) is 8.33. The van der Waals surface area contributed by atoms with Crippen molar-refractivity contribution in [2.75, 3.05) is 26.5 Å². The van der Waals surface area contributed by atoms with Crippen LogP contribution < -0.4 is 10.1 Å². The summed E-state index contributed by atoms with van der Waals surface area (Å²) in [4.78, 5) is 34.5. The highest BCUT2D eigenvalue weighted by molar-refractivity contribution is 7.17. The molecular formula is C18H17ClN6O3S. The molecule has 1 N–H and O–H groups in total. The Morgan fingerprint density at radius 3 is 2.59 bits per heavy atom. The molecule has 0 aromatic carbocycles. The Balaban J connectivity index is 1.97. The van der Waals surface area contributed by atoms with Gasteiger partial charge in [-0.3, -0.25) is 19.9 Å². The van der Waals surface area contributed by atoms with Crippen molar-refractivity contribution in [3.8, 4) is 16.9 Å². The summed E-state index contributed by atoms with van der Waals surface area (Å²) in [5.41, 5.74) is 2.17. The van der Waals surface area contributed by atoms with E-state index in [0.717, 1.165) is 11.3 Å². The Bertz CT molecular complexity index is 1090. The number of rotatable bonds is 5. The van der Waals surface area contributed by atoms with Gasteiger partial charge in [-0.1, -0.05) is 22.9 Å². The number of carbonyl (C=O) groups is 2. The number of aryl methyl sites for hydroxylation is 1. The highest BCUT2D eigenvalue weighted by atomic mass is 35.5. The lowest BCUT2D eigenvalue weighted by Crippen LogP contribution is -2.21. The first kappa shape index (κ1) is 20.6. The molecule has 0 saturated heterocycles. The number of amides is 2. The van der Waals surface area contributed by atoms with Crippen molar-refractivity contribution in [2.45, 2.75) is 6.92 Å². The van der Waals surface area contributed by atoms with E-state index in [9.17, 15) is 9.59 Å². The molecule has 9 nitrogen and oxygen atoms in total. The molecule has 3 rings (SSSR count). The van der Waals surface area contributed by atoms with Gasteiger partial charge in [0.25, 0.3) is 11.8 Å². The lowest BCUT2D eigenvalue weighted by Gasteiger charge is -2.13. The quantitative estimate of drug-likeness (QED) is 0.617. The van der Waals surface area contributed by atoms with E-state index in [1.54, 1.807) is 26.2 Å². The second-order valence-corrected chi connectivity index (χ2v) is 7.51. The number of anilines is 1. The number of nitrogens with zero attached hydrogens (tertiary/aromatic N) is 5. The van der Waals surface area contributed by atoms with Crippen LogP contribution in [-0.2, 0) is 0 Å². The molecule has 0 aliphatic heterocycles. The van der Waals surface area contributed by atoms with E-state index in [-0.39, 0.29) is 26.8 Å². The van der Waals surface area contributed by atoms with Gasteiger partial charge >= 0.3 is 0 Å². The van der Waals surface area contributed by atoms with Crippen molar-refractivity contribution in [3.05, 3.63) is 45.9 Å². The highest BCUT2D eigenvalue weighted by Crippen LogP contribution is 2.34. The largest absolute Gasteiger partial charge is 0.494 e. The van der Waals surface area contributed by atoms with Crippen LogP contribution in [0.3, 0.4) is 0 Å². The molecule has 0 saturated carbocycles. The Morgan fingerprint density at radius 1 is 1.14 bits per heavy atom. The molecule has 0 fully saturated rings. The number of hydrogen-bond donors (Lipinski definition) is 1. The smallest absolute Gasteiger partial charge is 0.284 e. The zero-order valence-corrected chi connectivity index (χ0v) is 17.6. The van der Waals surface area contributed by atoms with Crippen LogP contribution in [0.1, 0.15) is 25.9 Å². The van der Waals surface area contributed by atoms with Crippen LogP contribution in [0.2, 0.25) is 5.15 Å². The summed E-state index contributed by atoms with van der Waals surface area (Å²) in [7, 11) is 4.73. The van der Waals surface area contributed by atoms with Gasteiger partial charge in [0, 0.05) is 37.1 Å². The third-order valence-corrected chi connectivity index (χ3v) is 4.90. The fourth-order valence-electron chi connectivity index (χ4n) is 2.47. The van der Waals surface area contributed by atoms with Gasteiger partial charge in [0.2, 0.25) is 10.1 Å². The summed E-state index contributed by atoms with van der Waals surface area (Å²) in [6.07, 6.45) is 2.94. The van der Waals surface area contributed by atoms with E-state index >= 15 is 0 Å². The number of pyridine rings is 2. The lowest BCUT2D eigenvalue weighted by molar-refractivity contribution is 0.0826. The third-order valence-electron chi connectivity index (χ3n) is 3.86. The fourth-order valence-corrected chi connectivity index (χ4v) is 3.39. The van der Waals surface area contributed by atoms with E-state index in [4.69, 9.17) is 16.3 Å². The van der Waals surface area contributed by atoms with Crippen LogP contribution in [0, 0.1) is 6.92 Å². The van der Waals surface area contributed by atoms with Crippen molar-refractivity contribution in [1.29, 1.82) is 0 Å². The summed E-state index contributed by atoms with van der Waals surface area (Å²) >= 11 is 7.03. The second-order valence-electron chi connectivity index (χ2n) is 6.14. The molecule has 0 spiro atoms. The van der Waals surface area contributed by atoms with Crippen LogP contribution in [0.15, 0.2) is 24.5 Å². The number of carbonyl (C=O) groups excluding carboxylic acids is 2. The summed E-state index contributed by atoms with van der Waals surface area (Å²) in [6.45, 7) is 1.81. The SMILES string of the molecule is COc1cnc(Cl)cc1-c1cc(C)ncc1C(=O)Nc1nnc(C(=O)N(C)C)s1. The number of hydrogen-bond acceptors (Lipinski definition) is 8. The van der Waals surface area contributed by atoms with Crippen molar-refractivity contribution < 1.29 is 14.3 Å². The molecule has 0 aliphatic rings. The van der Waals surface area contributed by atoms with Crippen LogP contribution in [0.5, 0.6) is 5.75 Å². The zero-order chi connectivity index (χ0) is 21.1. The van der Waals surface area contributed by atoms with Crippen LogP contribution >= 0.6 is 22.9 Å². The fraction of sp³-hybridized carbons (Fsp3) is 0.222. The number of nitrogens with one attached hydrogen (secondary N) is 1. The Kier molecular flexibility index (Phi) is 6.04. The maximum atomic E-state index is 12.9. The van der Waals surface area contributed by atoms with Gasteiger partial charge in [0.15, 0.2) is 0 Å². The van der Waals surface area contributed by atoms with E-state index in [1.807, 2.05) is 6.92 Å². The van der Waals surface area contributed by atoms with Crippen molar-refractivity contribution in [1.82, 2.24) is 25.1 Å². The molecule has 29 heavy (non-hydrogen) atoms. The van der Waals surface area contributed by atoms with E-state index in [2.05, 4.69) is 25.5 Å². The molecule has 0 radical (unpaired) electrons. The zero-order valence-electron chi connectivity index (χ0n) is 16.1. The maximum absolute atomic E-state index is 12.9. The van der Waals surface area contributed by atoms with Crippen LogP contribution in [-0.4, -0.2) is 58.1 Å². The van der Waals surface area contributed by atoms with E-state index in [1.165, 1.54) is 24.4 Å². The molecule has 0 aliphatic carbocycles. The van der Waals surface area contributed by atoms with E-state index in [0.29, 0.717) is 22.6 Å². The monoisotopic (exact) mass is 432 g/mol. The molecule has 0 atom stereocenters. The average molecular weight is 433 g/mol. The van der Waals surface area contributed by atoms with Crippen LogP contribution in [0.25, 0.3) is 11.1 Å². The first-order chi connectivity index (χ1) is 13.8. The van der Waals surface area contributed by atoms with Gasteiger partial charge in [-0.25, -0.2) is 4.98 Å². The summed E-state index contributed by atoms with van der Waals surface area (Å²) in [5.74, 6) is -0.289. The standard InChI is InChI=1S/C18H17ClN6O3S/c1-9-5-10(11-6-14(19)21-8-13(11)28-4)12(7-20-9)15(26)22-18-24-23-16(29-18)17(27)25(2)3/h5-8H,1-4H3,(H,22,24,26). The predicted molar refractivity (Wildman–Crippen MR) is 110 cm³/mol. The minimum atomic E-state index is -0.456. The van der Waals surface area contributed by atoms with Crippen molar-refractivity contribution >= 4 is 39.9 Å². The van der Waals surface area contributed by atoms with Gasteiger partial charge in [-0.2, -0.15) is 0 Å². The van der Waals surface area contributed by atoms with Gasteiger partial charge < -0.3 is 9.64 Å². The van der Waals surface area contributed by atoms with Crippen molar-refractivity contribution in [2.24, 2.45) is 0 Å². The number of methoxy groups -OCH3 is 1. The third kappa shape index (κ3) is 4.49. The average Bonchev–Trinajstić information content (AvgIpc) is 3.15. The lowest BCUT2D eigenvalue weighted by atomic mass is 10.0. The van der Waals surface area contributed by atoms with Gasteiger partial charge in [-0.15, -0.1) is 10.2 Å². The summed E-state index contributed by atoms with van der Waals surface area (Å²) in [6, 6.07) is 3.37. The normalized spacial score (nSPS) is 10.5. The topological polar surface area (TPSA) is 110 Å². The summed E-state index contributed by atoms with van der Waals surface area (Å²) in [5, 5.41) is 11.0. The second kappa shape index (κ2) is 8.50. The van der Waals surface area contributed by atoms with E-state index < -0.39 is 5.91 Å². The molecular weight excluding hydrogens is 416 g/mol. The predicted octanol–water partition coefficient (Wildman–Crippen LogP) is 2.92. The van der Waals surface area contributed by atoms with Crippen LogP contribution in [0.4, 0.5) is 5.13 Å². The molecule has 0 bridgehead atoms. The number of halogens is 1. The minimum absolute atomic E-state index is 0.176. The highest BCUT2D eigenvalue weighted by Gasteiger charge is 2.20. The number of ether oxygens (including phenoxy) is 1.